The van der Waals surface area contributed by atoms with Gasteiger partial charge in [0, 0.05) is 6.61 Å². The minimum atomic E-state index is -0.298. The molecule has 0 aromatic heterocycles. The third kappa shape index (κ3) is 2.09. The summed E-state index contributed by atoms with van der Waals surface area (Å²) in [6, 6.07) is 7.55. The first-order valence-electron chi connectivity index (χ1n) is 5.53. The molecular formula is C13H16O3. The molecule has 1 aliphatic carbocycles. The second-order valence-corrected chi connectivity index (χ2v) is 4.33. The number of aliphatic hydroxyl groups excluding tert-OH is 1. The first-order chi connectivity index (χ1) is 7.74. The number of aliphatic hydroxyl groups is 1. The average Bonchev–Trinajstić information content (AvgIpc) is 2.27. The van der Waals surface area contributed by atoms with Gasteiger partial charge in [-0.25, -0.2) is 4.79 Å². The summed E-state index contributed by atoms with van der Waals surface area (Å²) < 4.78 is 4.64. The fourth-order valence-electron chi connectivity index (χ4n) is 2.17. The highest BCUT2D eigenvalue weighted by molar-refractivity contribution is 5.89. The third-order valence-electron chi connectivity index (χ3n) is 3.30. The highest BCUT2D eigenvalue weighted by Gasteiger charge is 2.29. The molecule has 0 spiro atoms. The molecule has 0 saturated heterocycles. The summed E-state index contributed by atoms with van der Waals surface area (Å²) in [4.78, 5) is 11.2. The van der Waals surface area contributed by atoms with Gasteiger partial charge in [0.15, 0.2) is 0 Å². The van der Waals surface area contributed by atoms with Gasteiger partial charge in [0.05, 0.1) is 12.7 Å². The number of carbonyl (C=O) groups is 1. The summed E-state index contributed by atoms with van der Waals surface area (Å²) in [5.41, 5.74) is 1.83. The first kappa shape index (κ1) is 11.1. The van der Waals surface area contributed by atoms with E-state index in [-0.39, 0.29) is 12.6 Å². The number of carbonyl (C=O) groups excluding carboxylic acids is 1. The number of esters is 1. The minimum absolute atomic E-state index is 0.288. The molecule has 1 saturated carbocycles. The summed E-state index contributed by atoms with van der Waals surface area (Å²) in [6.45, 7) is 0.288. The highest BCUT2D eigenvalue weighted by atomic mass is 16.5. The average molecular weight is 220 g/mol. The van der Waals surface area contributed by atoms with Gasteiger partial charge in [0.25, 0.3) is 0 Å². The predicted molar refractivity (Wildman–Crippen MR) is 60.3 cm³/mol. The van der Waals surface area contributed by atoms with Crippen LogP contribution in [0.3, 0.4) is 0 Å². The maximum absolute atomic E-state index is 11.2. The molecule has 1 aliphatic rings. The fourth-order valence-corrected chi connectivity index (χ4v) is 2.17. The molecule has 16 heavy (non-hydrogen) atoms. The van der Waals surface area contributed by atoms with E-state index in [4.69, 9.17) is 5.11 Å². The van der Waals surface area contributed by atoms with Crippen LogP contribution < -0.4 is 0 Å². The molecule has 0 amide bonds. The maximum Gasteiger partial charge on any atom is 0.337 e. The van der Waals surface area contributed by atoms with Crippen LogP contribution in [-0.4, -0.2) is 24.8 Å². The fraction of sp³-hybridized carbons (Fsp3) is 0.462. The highest BCUT2D eigenvalue weighted by Crippen LogP contribution is 2.41. The number of methoxy groups -OCH3 is 1. The number of hydrogen-bond acceptors (Lipinski definition) is 3. The van der Waals surface area contributed by atoms with Gasteiger partial charge >= 0.3 is 5.97 Å². The summed E-state index contributed by atoms with van der Waals surface area (Å²) in [7, 11) is 1.38. The Kier molecular flexibility index (Phi) is 3.25. The van der Waals surface area contributed by atoms with Gasteiger partial charge in [0.2, 0.25) is 0 Å². The lowest BCUT2D eigenvalue weighted by molar-refractivity contribution is 0.0600. The lowest BCUT2D eigenvalue weighted by Gasteiger charge is -2.34. The van der Waals surface area contributed by atoms with E-state index in [0.717, 1.165) is 12.8 Å². The molecule has 1 aromatic rings. The molecule has 2 rings (SSSR count). The largest absolute Gasteiger partial charge is 0.465 e. The van der Waals surface area contributed by atoms with Crippen molar-refractivity contribution in [3.05, 3.63) is 35.4 Å². The molecule has 0 unspecified atom stereocenters. The van der Waals surface area contributed by atoms with Crippen LogP contribution >= 0.6 is 0 Å². The maximum atomic E-state index is 11.2. The van der Waals surface area contributed by atoms with Crippen molar-refractivity contribution in [3.8, 4) is 0 Å². The number of rotatable bonds is 3. The van der Waals surface area contributed by atoms with E-state index in [1.54, 1.807) is 12.1 Å². The number of ether oxygens (including phenoxy) is 1. The molecule has 1 N–H and O–H groups in total. The van der Waals surface area contributed by atoms with Gasteiger partial charge in [-0.2, -0.15) is 0 Å². The van der Waals surface area contributed by atoms with Crippen molar-refractivity contribution in [2.45, 2.75) is 18.8 Å². The molecule has 0 radical (unpaired) electrons. The summed E-state index contributed by atoms with van der Waals surface area (Å²) in [6.07, 6.45) is 2.10. The summed E-state index contributed by atoms with van der Waals surface area (Å²) in [5.74, 6) is 0.711. The van der Waals surface area contributed by atoms with Gasteiger partial charge in [0.1, 0.15) is 0 Å². The topological polar surface area (TPSA) is 46.5 Å². The van der Waals surface area contributed by atoms with E-state index in [2.05, 4.69) is 4.74 Å². The Bertz CT molecular complexity index is 363. The molecule has 0 aliphatic heterocycles. The second kappa shape index (κ2) is 4.66. The molecule has 3 heteroatoms. The molecule has 0 atom stereocenters. The van der Waals surface area contributed by atoms with E-state index >= 15 is 0 Å². The van der Waals surface area contributed by atoms with Gasteiger partial charge in [-0.15, -0.1) is 0 Å². The Balaban J connectivity index is 2.01. The summed E-state index contributed by atoms with van der Waals surface area (Å²) >= 11 is 0. The van der Waals surface area contributed by atoms with Crippen LogP contribution in [0, 0.1) is 5.92 Å². The van der Waals surface area contributed by atoms with Crippen LogP contribution in [0.1, 0.15) is 34.7 Å². The van der Waals surface area contributed by atoms with Crippen LogP contribution in [-0.2, 0) is 4.74 Å². The van der Waals surface area contributed by atoms with E-state index in [1.165, 1.54) is 12.7 Å². The Hall–Kier alpha value is -1.35. The smallest absolute Gasteiger partial charge is 0.337 e. The molecule has 0 bridgehead atoms. The van der Waals surface area contributed by atoms with Crippen LogP contribution in [0.2, 0.25) is 0 Å². The molecular weight excluding hydrogens is 204 g/mol. The number of benzene rings is 1. The van der Waals surface area contributed by atoms with Crippen molar-refractivity contribution in [1.82, 2.24) is 0 Å². The van der Waals surface area contributed by atoms with Crippen molar-refractivity contribution in [3.63, 3.8) is 0 Å². The van der Waals surface area contributed by atoms with E-state index in [1.807, 2.05) is 12.1 Å². The Morgan fingerprint density at radius 2 is 2.00 bits per heavy atom. The summed E-state index contributed by atoms with van der Waals surface area (Å²) in [5, 5.41) is 8.94. The first-order valence-corrected chi connectivity index (χ1v) is 5.53. The van der Waals surface area contributed by atoms with Gasteiger partial charge < -0.3 is 9.84 Å². The van der Waals surface area contributed by atoms with Gasteiger partial charge in [-0.1, -0.05) is 12.1 Å². The zero-order valence-electron chi connectivity index (χ0n) is 9.35. The van der Waals surface area contributed by atoms with Crippen molar-refractivity contribution in [2.75, 3.05) is 13.7 Å². The van der Waals surface area contributed by atoms with Gasteiger partial charge in [-0.05, 0) is 42.4 Å². The second-order valence-electron chi connectivity index (χ2n) is 4.33. The molecule has 1 aromatic carbocycles. The third-order valence-corrected chi connectivity index (χ3v) is 3.30. The monoisotopic (exact) mass is 220 g/mol. The quantitative estimate of drug-likeness (QED) is 0.792. The van der Waals surface area contributed by atoms with Crippen LogP contribution in [0.15, 0.2) is 24.3 Å². The minimum Gasteiger partial charge on any atom is -0.465 e. The van der Waals surface area contributed by atoms with Crippen molar-refractivity contribution < 1.29 is 14.6 Å². The zero-order valence-corrected chi connectivity index (χ0v) is 9.35. The van der Waals surface area contributed by atoms with Crippen molar-refractivity contribution in [1.29, 1.82) is 0 Å². The lowest BCUT2D eigenvalue weighted by Crippen LogP contribution is -2.24. The van der Waals surface area contributed by atoms with Crippen molar-refractivity contribution in [2.24, 2.45) is 5.92 Å². The van der Waals surface area contributed by atoms with E-state index in [9.17, 15) is 4.79 Å². The molecule has 0 heterocycles. The standard InChI is InChI=1S/C13H16O3/c1-16-13(15)11-4-2-10(3-5-11)12-6-9(7-12)8-14/h2-5,9,12,14H,6-8H2,1H3. The lowest BCUT2D eigenvalue weighted by atomic mass is 9.72. The van der Waals surface area contributed by atoms with E-state index < -0.39 is 0 Å². The normalized spacial score (nSPS) is 23.6. The van der Waals surface area contributed by atoms with Gasteiger partial charge in [-0.3, -0.25) is 0 Å². The van der Waals surface area contributed by atoms with Crippen LogP contribution in [0.5, 0.6) is 0 Å². The molecule has 1 fully saturated rings. The van der Waals surface area contributed by atoms with Crippen LogP contribution in [0.4, 0.5) is 0 Å². The zero-order chi connectivity index (χ0) is 11.5. The molecule has 3 nitrogen and oxygen atoms in total. The Morgan fingerprint density at radius 1 is 1.38 bits per heavy atom. The van der Waals surface area contributed by atoms with Crippen LogP contribution in [0.25, 0.3) is 0 Å². The Labute approximate surface area is 95.0 Å². The Morgan fingerprint density at radius 3 is 2.50 bits per heavy atom. The number of hydrogen-bond donors (Lipinski definition) is 1. The van der Waals surface area contributed by atoms with E-state index in [0.29, 0.717) is 17.4 Å². The van der Waals surface area contributed by atoms with Crippen molar-refractivity contribution >= 4 is 5.97 Å². The SMILES string of the molecule is COC(=O)c1ccc(C2CC(CO)C2)cc1. The molecule has 86 valence electrons. The predicted octanol–water partition coefficient (Wildman–Crippen LogP) is 1.96.